The van der Waals surface area contributed by atoms with Crippen molar-refractivity contribution in [3.8, 4) is 0 Å². The predicted molar refractivity (Wildman–Crippen MR) is 133 cm³/mol. The quantitative estimate of drug-likeness (QED) is 0.419. The molecule has 3 heterocycles. The van der Waals surface area contributed by atoms with Crippen LogP contribution in [0, 0.1) is 28.1 Å². The first-order valence-corrected chi connectivity index (χ1v) is 14.0. The third-order valence-corrected chi connectivity index (χ3v) is 11.8. The highest BCUT2D eigenvalue weighted by atomic mass is 16.6. The van der Waals surface area contributed by atoms with E-state index in [1.54, 1.807) is 12.5 Å². The van der Waals surface area contributed by atoms with E-state index >= 15 is 0 Å². The predicted octanol–water partition coefficient (Wildman–Crippen LogP) is 3.53. The monoisotopic (exact) mass is 540 g/mol. The molecule has 1 aromatic rings. The van der Waals surface area contributed by atoms with Gasteiger partial charge in [0.15, 0.2) is 0 Å². The molecule has 6 fully saturated rings. The highest BCUT2D eigenvalue weighted by molar-refractivity contribution is 5.92. The molecule has 2 saturated heterocycles. The van der Waals surface area contributed by atoms with Gasteiger partial charge in [-0.05, 0) is 38.8 Å². The van der Waals surface area contributed by atoms with Crippen LogP contribution in [-0.4, -0.2) is 59.1 Å². The van der Waals surface area contributed by atoms with Gasteiger partial charge in [-0.15, -0.1) is 0 Å². The molecule has 11 atom stereocenters. The first kappa shape index (κ1) is 25.4. The number of esters is 2. The van der Waals surface area contributed by atoms with E-state index in [9.17, 15) is 19.2 Å². The van der Waals surface area contributed by atoms with Crippen LogP contribution in [0.25, 0.3) is 0 Å². The number of ketones is 2. The maximum atomic E-state index is 14.6. The summed E-state index contributed by atoms with van der Waals surface area (Å²) in [5.41, 5.74) is -3.48. The Morgan fingerprint density at radius 2 is 1.69 bits per heavy atom. The molecule has 0 radical (unpaired) electrons. The van der Waals surface area contributed by atoms with Crippen LogP contribution >= 0.6 is 0 Å². The van der Waals surface area contributed by atoms with Gasteiger partial charge in [0.25, 0.3) is 0 Å². The van der Waals surface area contributed by atoms with Crippen LogP contribution in [0.3, 0.4) is 0 Å². The van der Waals surface area contributed by atoms with E-state index in [1.165, 1.54) is 13.8 Å². The van der Waals surface area contributed by atoms with Crippen LogP contribution in [0.2, 0.25) is 0 Å². The van der Waals surface area contributed by atoms with Crippen LogP contribution in [0.15, 0.2) is 23.0 Å². The van der Waals surface area contributed by atoms with E-state index in [4.69, 9.17) is 23.4 Å². The summed E-state index contributed by atoms with van der Waals surface area (Å²) in [5, 5.41) is 0. The summed E-state index contributed by atoms with van der Waals surface area (Å²) in [6.45, 7) is 10.6. The van der Waals surface area contributed by atoms with Gasteiger partial charge in [-0.3, -0.25) is 19.2 Å². The Morgan fingerprint density at radius 3 is 2.33 bits per heavy atom. The molecule has 4 aliphatic carbocycles. The molecule has 9 heteroatoms. The summed E-state index contributed by atoms with van der Waals surface area (Å²) in [6.07, 6.45) is 2.06. The van der Waals surface area contributed by atoms with E-state index in [0.717, 1.165) is 5.56 Å². The number of epoxide rings is 1. The van der Waals surface area contributed by atoms with Gasteiger partial charge in [0, 0.05) is 61.7 Å². The highest BCUT2D eigenvalue weighted by Crippen LogP contribution is 2.83. The zero-order chi connectivity index (χ0) is 27.9. The van der Waals surface area contributed by atoms with Crippen LogP contribution in [0.1, 0.15) is 78.7 Å². The van der Waals surface area contributed by atoms with E-state index in [0.29, 0.717) is 6.42 Å². The van der Waals surface area contributed by atoms with E-state index in [2.05, 4.69) is 0 Å². The fourth-order valence-corrected chi connectivity index (χ4v) is 10.8. The summed E-state index contributed by atoms with van der Waals surface area (Å²) in [6, 6.07) is 1.89. The Labute approximate surface area is 227 Å². The first-order valence-electron chi connectivity index (χ1n) is 14.0. The Bertz CT molecular complexity index is 1300. The molecule has 7 rings (SSSR count). The van der Waals surface area contributed by atoms with Gasteiger partial charge in [-0.2, -0.15) is 0 Å². The lowest BCUT2D eigenvalue weighted by molar-refractivity contribution is -0.264. The van der Waals surface area contributed by atoms with Gasteiger partial charge in [0.1, 0.15) is 29.4 Å². The summed E-state index contributed by atoms with van der Waals surface area (Å²) in [4.78, 5) is 53.3. The third-order valence-electron chi connectivity index (χ3n) is 11.8. The molecular weight excluding hydrogens is 504 g/mol. The molecule has 1 aromatic heterocycles. The Morgan fingerprint density at radius 1 is 0.974 bits per heavy atom. The number of ether oxygens (including phenoxy) is 4. The van der Waals surface area contributed by atoms with Gasteiger partial charge in [0.2, 0.25) is 0 Å². The van der Waals surface area contributed by atoms with Gasteiger partial charge >= 0.3 is 11.9 Å². The van der Waals surface area contributed by atoms with Gasteiger partial charge in [0.05, 0.1) is 35.8 Å². The van der Waals surface area contributed by atoms with Crippen molar-refractivity contribution in [2.75, 3.05) is 0 Å². The molecule has 210 valence electrons. The zero-order valence-corrected chi connectivity index (χ0v) is 23.3. The SMILES string of the molecule is CC(=O)O[C@@H]1[C@@H]2[C@@]34CC(=O)C[C@@H]3OC(C)(C)[C@@H]4CC(=O)[C@@]2(C)[C@@]23O[C@@H]2C[C@@H](c2ccoc2)[C@]3(C)[C@H]1OC(C)=O. The topological polar surface area (TPSA) is 122 Å². The molecule has 6 aliphatic rings. The molecule has 0 bridgehead atoms. The van der Waals surface area contributed by atoms with Gasteiger partial charge in [-0.1, -0.05) is 6.92 Å². The number of carbonyl (C=O) groups excluding carboxylic acids is 4. The number of hydrogen-bond donors (Lipinski definition) is 0. The normalized spacial score (nSPS) is 50.4. The number of carbonyl (C=O) groups is 4. The minimum atomic E-state index is -1.11. The van der Waals surface area contributed by atoms with Crippen molar-refractivity contribution in [1.82, 2.24) is 0 Å². The third kappa shape index (κ3) is 2.69. The molecule has 0 aromatic carbocycles. The molecule has 2 aliphatic heterocycles. The van der Waals surface area contributed by atoms with E-state index in [-0.39, 0.29) is 48.8 Å². The molecule has 0 amide bonds. The lowest BCUT2D eigenvalue weighted by Gasteiger charge is -2.66. The second-order valence-corrected chi connectivity index (χ2v) is 13.7. The maximum Gasteiger partial charge on any atom is 0.303 e. The van der Waals surface area contributed by atoms with Crippen LogP contribution < -0.4 is 0 Å². The van der Waals surface area contributed by atoms with E-state index < -0.39 is 63.6 Å². The number of fused-ring (bicyclic) bond motifs is 1. The smallest absolute Gasteiger partial charge is 0.303 e. The van der Waals surface area contributed by atoms with Crippen molar-refractivity contribution in [2.45, 2.75) is 109 Å². The Kier molecular flexibility index (Phi) is 4.83. The molecule has 9 nitrogen and oxygen atoms in total. The first-order chi connectivity index (χ1) is 18.2. The molecule has 39 heavy (non-hydrogen) atoms. The number of furan rings is 1. The van der Waals surface area contributed by atoms with Crippen molar-refractivity contribution >= 4 is 23.5 Å². The average Bonchev–Trinajstić information content (AvgIpc) is 3.09. The largest absolute Gasteiger partial charge is 0.472 e. The zero-order valence-electron chi connectivity index (χ0n) is 23.3. The average molecular weight is 541 g/mol. The summed E-state index contributed by atoms with van der Waals surface area (Å²) >= 11 is 0. The molecule has 2 spiro atoms. The molecule has 0 N–H and O–H groups in total. The standard InChI is InChI=1S/C30H36O9/c1-14(31)36-23-24-28(6,20(34)11-19-26(3,4)38-21-9-17(33)12-29(19,21)24)30-22(39-30)10-18(16-7-8-35-13-16)27(30,5)25(23)37-15(2)32/h7-8,13,18-19,21-25H,9-12H2,1-6H3/t18-,19-,21-,22+,23+,24-,25-,27+,28+,29+,30+/m0/s1. The second-order valence-electron chi connectivity index (χ2n) is 13.7. The van der Waals surface area contributed by atoms with Crippen LogP contribution in [-0.2, 0) is 38.1 Å². The molecule has 0 unspecified atom stereocenters. The number of rotatable bonds is 3. The van der Waals surface area contributed by atoms with Crippen molar-refractivity contribution in [3.05, 3.63) is 24.2 Å². The fraction of sp³-hybridized carbons (Fsp3) is 0.733. The lowest BCUT2D eigenvalue weighted by Crippen LogP contribution is -2.77. The van der Waals surface area contributed by atoms with Crippen molar-refractivity contribution in [3.63, 3.8) is 0 Å². The van der Waals surface area contributed by atoms with E-state index in [1.807, 2.05) is 33.8 Å². The van der Waals surface area contributed by atoms with Crippen molar-refractivity contribution in [1.29, 1.82) is 0 Å². The lowest BCUT2D eigenvalue weighted by atomic mass is 9.37. The van der Waals surface area contributed by atoms with Crippen LogP contribution in [0.5, 0.6) is 0 Å². The molecular formula is C30H36O9. The summed E-state index contributed by atoms with van der Waals surface area (Å²) < 4.78 is 31.1. The minimum Gasteiger partial charge on any atom is -0.472 e. The van der Waals surface area contributed by atoms with Gasteiger partial charge in [-0.25, -0.2) is 0 Å². The second kappa shape index (κ2) is 7.40. The summed E-state index contributed by atoms with van der Waals surface area (Å²) in [5.74, 6) is -2.00. The molecule has 4 saturated carbocycles. The van der Waals surface area contributed by atoms with Crippen molar-refractivity contribution < 1.29 is 42.5 Å². The Balaban J connectivity index is 1.51. The Hall–Kier alpha value is -2.52. The van der Waals surface area contributed by atoms with Crippen LogP contribution in [0.4, 0.5) is 0 Å². The number of Topliss-reactive ketones (excluding diaryl/α,β-unsaturated/α-hetero) is 2. The minimum absolute atomic E-state index is 0.0276. The van der Waals surface area contributed by atoms with Gasteiger partial charge < -0.3 is 23.4 Å². The van der Waals surface area contributed by atoms with Crippen molar-refractivity contribution in [2.24, 2.45) is 28.1 Å². The number of hydrogen-bond acceptors (Lipinski definition) is 9. The highest BCUT2D eigenvalue weighted by Gasteiger charge is 2.93. The fourth-order valence-electron chi connectivity index (χ4n) is 10.8. The maximum absolute atomic E-state index is 14.6. The summed E-state index contributed by atoms with van der Waals surface area (Å²) in [7, 11) is 0.